The first kappa shape index (κ1) is 29.7. The van der Waals surface area contributed by atoms with E-state index in [2.05, 4.69) is 45.9 Å². The van der Waals surface area contributed by atoms with Crippen LogP contribution in [0, 0.1) is 18.8 Å². The normalized spacial score (nSPS) is 10.4. The quantitative estimate of drug-likeness (QED) is 0.274. The van der Waals surface area contributed by atoms with E-state index in [0.29, 0.717) is 28.1 Å². The second kappa shape index (κ2) is 13.7. The van der Waals surface area contributed by atoms with Crippen molar-refractivity contribution in [3.8, 4) is 11.8 Å². The molecule has 0 heterocycles. The van der Waals surface area contributed by atoms with E-state index in [1.165, 1.54) is 24.1 Å². The molecule has 0 saturated carbocycles. The van der Waals surface area contributed by atoms with Crippen molar-refractivity contribution >= 4 is 34.6 Å². The van der Waals surface area contributed by atoms with Crippen LogP contribution >= 0.6 is 23.2 Å². The number of aliphatic imine (C=N–C) groups is 1. The summed E-state index contributed by atoms with van der Waals surface area (Å²) < 4.78 is 0. The van der Waals surface area contributed by atoms with E-state index in [9.17, 15) is 5.11 Å². The Labute approximate surface area is 195 Å². The Balaban J connectivity index is 0. The molecular formula is C23H29Cl2N2NiO-. The second-order valence-electron chi connectivity index (χ2n) is 6.80. The number of halogens is 2. The maximum Gasteiger partial charge on any atom is 0.143 e. The molecule has 0 spiro atoms. The first-order chi connectivity index (χ1) is 12.6. The molecular weight excluding hydrogens is 450 g/mol. The number of aromatic hydroxyl groups is 1. The molecule has 6 heteroatoms. The van der Waals surface area contributed by atoms with Crippen molar-refractivity contribution in [3.05, 3.63) is 64.5 Å². The predicted molar refractivity (Wildman–Crippen MR) is 122 cm³/mol. The topological polar surface area (TPSA) is 56.4 Å². The number of para-hydroxylation sites is 1. The maximum absolute atomic E-state index is 10.3. The molecule has 0 aliphatic heterocycles. The average Bonchev–Trinajstić information content (AvgIpc) is 2.58. The Bertz CT molecular complexity index is 846. The molecule has 1 N–H and O–H groups in total. The Morgan fingerprint density at radius 1 is 1.07 bits per heavy atom. The molecule has 0 saturated heterocycles. The largest absolute Gasteiger partial charge is 0.506 e. The summed E-state index contributed by atoms with van der Waals surface area (Å²) in [7, 11) is 0. The number of nitrogens with zero attached hydrogens (tertiary/aromatic N) is 2. The maximum atomic E-state index is 10.3. The number of hydrogen-bond acceptors (Lipinski definition) is 3. The van der Waals surface area contributed by atoms with Gasteiger partial charge in [-0.3, -0.25) is 4.99 Å². The van der Waals surface area contributed by atoms with Crippen LogP contribution in [-0.2, 0) is 16.5 Å². The Kier molecular flexibility index (Phi) is 14.0. The molecule has 0 atom stereocenters. The minimum absolute atomic E-state index is 0. The average molecular weight is 479 g/mol. The fourth-order valence-corrected chi connectivity index (χ4v) is 3.20. The summed E-state index contributed by atoms with van der Waals surface area (Å²) in [5.41, 5.74) is 4.59. The third kappa shape index (κ3) is 8.02. The summed E-state index contributed by atoms with van der Waals surface area (Å²) in [5, 5.41) is 18.3. The molecule has 2 aromatic carbocycles. The summed E-state index contributed by atoms with van der Waals surface area (Å²) in [6.45, 7) is 11.9. The van der Waals surface area contributed by atoms with E-state index in [1.54, 1.807) is 12.1 Å². The van der Waals surface area contributed by atoms with Crippen LogP contribution in [0.3, 0.4) is 0 Å². The number of rotatable bonds is 4. The van der Waals surface area contributed by atoms with Crippen molar-refractivity contribution in [1.82, 2.24) is 0 Å². The summed E-state index contributed by atoms with van der Waals surface area (Å²) >= 11 is 12.1. The summed E-state index contributed by atoms with van der Waals surface area (Å²) in [4.78, 5) is 4.85. The van der Waals surface area contributed by atoms with Crippen LogP contribution in [0.5, 0.6) is 5.75 Å². The van der Waals surface area contributed by atoms with E-state index in [4.69, 9.17) is 33.5 Å². The van der Waals surface area contributed by atoms with Gasteiger partial charge in [0.1, 0.15) is 5.75 Å². The van der Waals surface area contributed by atoms with Crippen molar-refractivity contribution in [2.45, 2.75) is 53.4 Å². The molecule has 0 bridgehead atoms. The molecule has 0 unspecified atom stereocenters. The summed E-state index contributed by atoms with van der Waals surface area (Å²) in [6.07, 6.45) is 0. The summed E-state index contributed by atoms with van der Waals surface area (Å²) in [5.74, 6) is 0.717. The van der Waals surface area contributed by atoms with E-state index >= 15 is 0 Å². The second-order valence-corrected chi connectivity index (χ2v) is 7.64. The summed E-state index contributed by atoms with van der Waals surface area (Å²) in [6, 6.07) is 11.2. The Morgan fingerprint density at radius 2 is 1.52 bits per heavy atom. The van der Waals surface area contributed by atoms with Gasteiger partial charge in [-0.25, -0.2) is 0 Å². The van der Waals surface area contributed by atoms with Gasteiger partial charge in [-0.05, 0) is 42.0 Å². The van der Waals surface area contributed by atoms with Gasteiger partial charge in [0.15, 0.2) is 0 Å². The fourth-order valence-electron chi connectivity index (χ4n) is 2.71. The van der Waals surface area contributed by atoms with Crippen molar-refractivity contribution in [2.24, 2.45) is 4.99 Å². The number of nitriles is 1. The van der Waals surface area contributed by atoms with E-state index in [1.807, 2.05) is 6.92 Å². The zero-order chi connectivity index (χ0) is 20.7. The third-order valence-electron chi connectivity index (χ3n) is 4.04. The molecule has 0 radical (unpaired) electrons. The molecule has 162 valence electrons. The molecule has 0 aromatic heterocycles. The van der Waals surface area contributed by atoms with Crippen molar-refractivity contribution < 1.29 is 21.6 Å². The number of phenols is 1. The van der Waals surface area contributed by atoms with Gasteiger partial charge in [-0.2, -0.15) is 5.26 Å². The zero-order valence-corrected chi connectivity index (χ0v) is 20.5. The van der Waals surface area contributed by atoms with Gasteiger partial charge in [0.05, 0.1) is 16.8 Å². The van der Waals surface area contributed by atoms with Gasteiger partial charge in [0.2, 0.25) is 0 Å². The molecule has 3 nitrogen and oxygen atoms in total. The Morgan fingerprint density at radius 3 is 1.93 bits per heavy atom. The molecule has 0 amide bonds. The number of hydrogen-bond donors (Lipinski definition) is 1. The minimum Gasteiger partial charge on any atom is -0.506 e. The molecule has 0 fully saturated rings. The van der Waals surface area contributed by atoms with Gasteiger partial charge >= 0.3 is 0 Å². The fraction of sp³-hybridized carbons (Fsp3) is 0.348. The zero-order valence-electron chi connectivity index (χ0n) is 18.0. The van der Waals surface area contributed by atoms with Gasteiger partial charge in [0.25, 0.3) is 0 Å². The first-order valence-corrected chi connectivity index (χ1v) is 9.56. The van der Waals surface area contributed by atoms with Gasteiger partial charge < -0.3 is 12.5 Å². The number of benzene rings is 2. The van der Waals surface area contributed by atoms with Crippen LogP contribution in [0.25, 0.3) is 0 Å². The van der Waals surface area contributed by atoms with Gasteiger partial charge in [0, 0.05) is 39.7 Å². The predicted octanol–water partition coefficient (Wildman–Crippen LogP) is 8.06. The van der Waals surface area contributed by atoms with E-state index in [-0.39, 0.29) is 34.7 Å². The van der Waals surface area contributed by atoms with Crippen molar-refractivity contribution in [2.75, 3.05) is 0 Å². The molecule has 0 aliphatic carbocycles. The van der Waals surface area contributed by atoms with Crippen LogP contribution in [0.4, 0.5) is 5.69 Å². The van der Waals surface area contributed by atoms with Crippen LogP contribution in [0.1, 0.15) is 70.1 Å². The van der Waals surface area contributed by atoms with E-state index in [0.717, 1.165) is 5.69 Å². The van der Waals surface area contributed by atoms with Gasteiger partial charge in [-0.15, -0.1) is 0 Å². The molecule has 2 aromatic rings. The first-order valence-electron chi connectivity index (χ1n) is 8.81. The van der Waals surface area contributed by atoms with Crippen LogP contribution in [0.2, 0.25) is 10.0 Å². The third-order valence-corrected chi connectivity index (χ3v) is 4.55. The number of phenolic OH excluding ortho intramolecular Hbond substituents is 1. The van der Waals surface area contributed by atoms with Crippen LogP contribution < -0.4 is 0 Å². The SMILES string of the molecule is CC#N.CC(=Nc1c(C(C)C)cccc1C(C)C)c1cc(Cl)cc(Cl)c1O.[CH3-].[Ni]. The standard InChI is InChI=1S/C20H23Cl2NO.C2H3N.CH3.Ni/c1-11(2)15-7-6-8-16(12(3)4)19(15)23-13(5)17-9-14(21)10-18(22)20(17)24;1-2-3;;/h6-12,24H,1-5H3;1H3;1H3;/q;;-1;. The molecule has 0 aliphatic rings. The van der Waals surface area contributed by atoms with Gasteiger partial charge in [-0.1, -0.05) is 69.1 Å². The Hall–Kier alpha value is -1.53. The molecule has 2 rings (SSSR count). The van der Waals surface area contributed by atoms with Crippen LogP contribution in [0.15, 0.2) is 35.3 Å². The van der Waals surface area contributed by atoms with Crippen molar-refractivity contribution in [3.63, 3.8) is 0 Å². The minimum atomic E-state index is 0. The van der Waals surface area contributed by atoms with Crippen LogP contribution in [-0.4, -0.2) is 10.8 Å². The smallest absolute Gasteiger partial charge is 0.143 e. The van der Waals surface area contributed by atoms with Crippen molar-refractivity contribution in [1.29, 1.82) is 5.26 Å². The monoisotopic (exact) mass is 477 g/mol. The molecule has 29 heavy (non-hydrogen) atoms. The van der Waals surface area contributed by atoms with E-state index < -0.39 is 0 Å².